The topological polar surface area (TPSA) is 108 Å². The van der Waals surface area contributed by atoms with Crippen molar-refractivity contribution in [1.82, 2.24) is 30.4 Å². The fraction of sp³-hybridized carbons (Fsp3) is 0.133. The molecule has 4 aromatic rings. The van der Waals surface area contributed by atoms with Gasteiger partial charge in [-0.2, -0.15) is 10.3 Å². The lowest BCUT2D eigenvalue weighted by Gasteiger charge is -2.06. The number of aromatic amines is 1. The van der Waals surface area contributed by atoms with Crippen LogP contribution in [0.3, 0.4) is 0 Å². The standard InChI is InChI=1S/C15H13N7OS/c1-9-11-7-12(13(23)16-15-17-20-21-18-15)24-14(11)22(19-9)8-10-5-3-2-4-6-10/h2-7H,8H2,1H3,(H2,16,17,18,20,21,23)/p-1. The first-order valence-corrected chi connectivity index (χ1v) is 8.03. The summed E-state index contributed by atoms with van der Waals surface area (Å²) in [6.45, 7) is 2.59. The average molecular weight is 338 g/mol. The summed E-state index contributed by atoms with van der Waals surface area (Å²) in [5.41, 5.74) is 2.04. The molecule has 0 spiro atoms. The molecule has 0 fully saturated rings. The maximum absolute atomic E-state index is 12.3. The van der Waals surface area contributed by atoms with Gasteiger partial charge in [0.2, 0.25) is 0 Å². The molecule has 0 amide bonds. The fourth-order valence-electron chi connectivity index (χ4n) is 2.43. The van der Waals surface area contributed by atoms with E-state index in [-0.39, 0.29) is 11.8 Å². The third-order valence-electron chi connectivity index (χ3n) is 3.53. The van der Waals surface area contributed by atoms with Gasteiger partial charge in [-0.25, -0.2) is 4.99 Å². The molecule has 24 heavy (non-hydrogen) atoms. The Bertz CT molecular complexity index is 1000. The Hall–Kier alpha value is -3.07. The number of thiophene rings is 1. The van der Waals surface area contributed by atoms with Gasteiger partial charge in [-0.05, 0) is 23.8 Å². The van der Waals surface area contributed by atoms with Crippen LogP contribution < -0.4 is 5.11 Å². The summed E-state index contributed by atoms with van der Waals surface area (Å²) in [5, 5.41) is 30.8. The predicted octanol–water partition coefficient (Wildman–Crippen LogP) is 1.41. The number of aliphatic imine (C=N–C) groups is 1. The van der Waals surface area contributed by atoms with Crippen LogP contribution in [0.25, 0.3) is 10.2 Å². The summed E-state index contributed by atoms with van der Waals surface area (Å²) < 4.78 is 1.91. The zero-order chi connectivity index (χ0) is 16.5. The van der Waals surface area contributed by atoms with Crippen molar-refractivity contribution in [2.45, 2.75) is 13.5 Å². The number of H-pyrrole nitrogens is 1. The largest absolute Gasteiger partial charge is 0.858 e. The minimum Gasteiger partial charge on any atom is -0.858 e. The van der Waals surface area contributed by atoms with Crippen molar-refractivity contribution >= 4 is 33.4 Å². The van der Waals surface area contributed by atoms with E-state index in [1.807, 2.05) is 48.0 Å². The summed E-state index contributed by atoms with van der Waals surface area (Å²) in [6.07, 6.45) is 0. The molecule has 4 rings (SSSR count). The number of nitrogens with one attached hydrogen (secondary N) is 1. The first kappa shape index (κ1) is 14.5. The van der Waals surface area contributed by atoms with Crippen LogP contribution >= 0.6 is 11.3 Å². The van der Waals surface area contributed by atoms with Gasteiger partial charge in [-0.3, -0.25) is 4.68 Å². The molecule has 0 bridgehead atoms. The lowest BCUT2D eigenvalue weighted by Crippen LogP contribution is -2.17. The smallest absolute Gasteiger partial charge is 0.288 e. The highest BCUT2D eigenvalue weighted by Gasteiger charge is 2.12. The van der Waals surface area contributed by atoms with Gasteiger partial charge in [0.1, 0.15) is 4.83 Å². The second kappa shape index (κ2) is 5.85. The molecule has 120 valence electrons. The van der Waals surface area contributed by atoms with Crippen LogP contribution in [0, 0.1) is 6.92 Å². The monoisotopic (exact) mass is 338 g/mol. The number of nitrogens with zero attached hydrogens (tertiary/aromatic N) is 6. The molecular formula is C15H12N7OS-. The van der Waals surface area contributed by atoms with E-state index >= 15 is 0 Å². The highest BCUT2D eigenvalue weighted by Crippen LogP contribution is 2.29. The van der Waals surface area contributed by atoms with Crippen LogP contribution in [-0.4, -0.2) is 36.3 Å². The molecule has 0 unspecified atom stereocenters. The van der Waals surface area contributed by atoms with E-state index in [0.717, 1.165) is 21.5 Å². The molecular weight excluding hydrogens is 326 g/mol. The molecule has 0 aliphatic rings. The first-order valence-electron chi connectivity index (χ1n) is 7.21. The van der Waals surface area contributed by atoms with Crippen molar-refractivity contribution in [3.63, 3.8) is 0 Å². The number of fused-ring (bicyclic) bond motifs is 1. The van der Waals surface area contributed by atoms with Crippen molar-refractivity contribution < 1.29 is 5.11 Å². The molecule has 1 aromatic carbocycles. The van der Waals surface area contributed by atoms with Crippen LogP contribution in [-0.2, 0) is 6.54 Å². The van der Waals surface area contributed by atoms with E-state index in [1.165, 1.54) is 11.3 Å². The molecule has 0 aliphatic heterocycles. The molecule has 8 nitrogen and oxygen atoms in total. The van der Waals surface area contributed by atoms with Crippen molar-refractivity contribution in [2.75, 3.05) is 0 Å². The maximum atomic E-state index is 12.3. The summed E-state index contributed by atoms with van der Waals surface area (Å²) >= 11 is 1.36. The number of rotatable bonds is 4. The Morgan fingerprint density at radius 2 is 2.17 bits per heavy atom. The lowest BCUT2D eigenvalue weighted by atomic mass is 10.2. The fourth-order valence-corrected chi connectivity index (χ4v) is 3.48. The number of tetrazole rings is 1. The van der Waals surface area contributed by atoms with Gasteiger partial charge >= 0.3 is 0 Å². The van der Waals surface area contributed by atoms with Gasteiger partial charge in [-0.1, -0.05) is 35.4 Å². The third kappa shape index (κ3) is 2.65. The Kier molecular flexibility index (Phi) is 3.54. The van der Waals surface area contributed by atoms with Crippen LogP contribution in [0.1, 0.15) is 16.1 Å². The maximum Gasteiger partial charge on any atom is 0.288 e. The summed E-state index contributed by atoms with van der Waals surface area (Å²) in [4.78, 5) is 5.31. The van der Waals surface area contributed by atoms with E-state index in [0.29, 0.717) is 11.4 Å². The normalized spacial score (nSPS) is 12.1. The van der Waals surface area contributed by atoms with Gasteiger partial charge in [0.25, 0.3) is 5.95 Å². The first-order chi connectivity index (χ1) is 11.7. The number of aromatic nitrogens is 6. The molecule has 9 heteroatoms. The Morgan fingerprint density at radius 1 is 1.33 bits per heavy atom. The van der Waals surface area contributed by atoms with E-state index in [2.05, 4.69) is 30.7 Å². The molecule has 0 saturated carbocycles. The van der Waals surface area contributed by atoms with Gasteiger partial charge in [0, 0.05) is 16.2 Å². The Morgan fingerprint density at radius 3 is 2.92 bits per heavy atom. The molecule has 0 atom stereocenters. The van der Waals surface area contributed by atoms with Gasteiger partial charge in [0.15, 0.2) is 0 Å². The summed E-state index contributed by atoms with van der Waals surface area (Å²) in [5.74, 6) is -0.358. The number of benzene rings is 1. The minimum atomic E-state index is -0.386. The van der Waals surface area contributed by atoms with Crippen LogP contribution in [0.15, 0.2) is 41.4 Å². The summed E-state index contributed by atoms with van der Waals surface area (Å²) in [6, 6.07) is 11.9. The SMILES string of the molecule is Cc1nn(Cc2ccccc2)c2sc(C([O-])=Nc3nn[nH]n3)cc12. The minimum absolute atomic E-state index is 0.0279. The van der Waals surface area contributed by atoms with Crippen molar-refractivity contribution in [1.29, 1.82) is 0 Å². The Labute approximate surface area is 140 Å². The van der Waals surface area contributed by atoms with Gasteiger partial charge in [-0.15, -0.1) is 16.4 Å². The van der Waals surface area contributed by atoms with Crippen LogP contribution in [0.4, 0.5) is 5.95 Å². The third-order valence-corrected chi connectivity index (χ3v) is 4.67. The predicted molar refractivity (Wildman–Crippen MR) is 88.3 cm³/mol. The van der Waals surface area contributed by atoms with E-state index in [4.69, 9.17) is 0 Å². The van der Waals surface area contributed by atoms with E-state index in [1.54, 1.807) is 0 Å². The zero-order valence-electron chi connectivity index (χ0n) is 12.7. The molecule has 3 aromatic heterocycles. The number of hydrogen-bond acceptors (Lipinski definition) is 7. The van der Waals surface area contributed by atoms with Crippen molar-refractivity contribution in [2.24, 2.45) is 4.99 Å². The molecule has 0 aliphatic carbocycles. The Balaban J connectivity index is 1.72. The van der Waals surface area contributed by atoms with E-state index in [9.17, 15) is 5.11 Å². The number of hydrogen-bond donors (Lipinski definition) is 1. The van der Waals surface area contributed by atoms with Crippen molar-refractivity contribution in [3.8, 4) is 0 Å². The molecule has 3 heterocycles. The zero-order valence-corrected chi connectivity index (χ0v) is 13.5. The van der Waals surface area contributed by atoms with Gasteiger partial charge < -0.3 is 5.11 Å². The highest BCUT2D eigenvalue weighted by molar-refractivity contribution is 7.20. The molecule has 0 radical (unpaired) electrons. The summed E-state index contributed by atoms with van der Waals surface area (Å²) in [7, 11) is 0. The average Bonchev–Trinajstić information content (AvgIpc) is 3.29. The van der Waals surface area contributed by atoms with Crippen molar-refractivity contribution in [3.05, 3.63) is 52.5 Å². The highest BCUT2D eigenvalue weighted by atomic mass is 32.1. The van der Waals surface area contributed by atoms with E-state index < -0.39 is 0 Å². The second-order valence-corrected chi connectivity index (χ2v) is 6.22. The molecule has 1 N–H and O–H groups in total. The number of aryl methyl sites for hydroxylation is 1. The van der Waals surface area contributed by atoms with Crippen LogP contribution in [0.5, 0.6) is 0 Å². The molecule has 0 saturated heterocycles. The second-order valence-electron chi connectivity index (χ2n) is 5.19. The quantitative estimate of drug-likeness (QED) is 0.447. The van der Waals surface area contributed by atoms with Crippen LogP contribution in [0.2, 0.25) is 0 Å². The van der Waals surface area contributed by atoms with Gasteiger partial charge in [0.05, 0.1) is 12.2 Å². The lowest BCUT2D eigenvalue weighted by molar-refractivity contribution is -0.212.